The van der Waals surface area contributed by atoms with E-state index in [0.29, 0.717) is 12.1 Å². The van der Waals surface area contributed by atoms with Gasteiger partial charge in [0, 0.05) is 24.8 Å². The highest BCUT2D eigenvalue weighted by atomic mass is 15.1. The zero-order valence-corrected chi connectivity index (χ0v) is 12.5. The summed E-state index contributed by atoms with van der Waals surface area (Å²) in [7, 11) is 2.15. The Bertz CT molecular complexity index is 329. The largest absolute Gasteiger partial charge is 0.372 e. The molecule has 0 fully saturated rings. The number of nitrogens with zero attached hydrogens (tertiary/aromatic N) is 1. The van der Waals surface area contributed by atoms with Crippen molar-refractivity contribution < 1.29 is 0 Å². The maximum absolute atomic E-state index is 3.59. The molecule has 1 unspecified atom stereocenters. The Morgan fingerprint density at radius 3 is 2.17 bits per heavy atom. The van der Waals surface area contributed by atoms with Crippen LogP contribution in [0.15, 0.2) is 24.3 Å². The summed E-state index contributed by atoms with van der Waals surface area (Å²) in [6, 6.07) is 9.99. The lowest BCUT2D eigenvalue weighted by atomic mass is 10.0. The molecule has 0 amide bonds. The van der Waals surface area contributed by atoms with E-state index in [1.807, 2.05) is 0 Å². The summed E-state index contributed by atoms with van der Waals surface area (Å²) >= 11 is 0. The third kappa shape index (κ3) is 4.02. The molecule has 0 heterocycles. The van der Waals surface area contributed by atoms with Gasteiger partial charge in [0.25, 0.3) is 0 Å². The summed E-state index contributed by atoms with van der Waals surface area (Å²) in [5.74, 6) is 0. The van der Waals surface area contributed by atoms with E-state index in [1.54, 1.807) is 0 Å². The van der Waals surface area contributed by atoms with Crippen molar-refractivity contribution in [3.05, 3.63) is 29.8 Å². The van der Waals surface area contributed by atoms with Crippen LogP contribution in [0.3, 0.4) is 0 Å². The topological polar surface area (TPSA) is 15.3 Å². The fourth-order valence-corrected chi connectivity index (χ4v) is 2.06. The van der Waals surface area contributed by atoms with E-state index in [4.69, 9.17) is 0 Å². The second-order valence-electron chi connectivity index (χ2n) is 5.21. The minimum absolute atomic E-state index is 0.489. The van der Waals surface area contributed by atoms with E-state index < -0.39 is 0 Å². The van der Waals surface area contributed by atoms with Crippen molar-refractivity contribution in [2.24, 2.45) is 0 Å². The molecule has 2 nitrogen and oxygen atoms in total. The standard InChI is InChI=1S/C16H28N2/c1-6-12-17-16(7-2)14-8-10-15(11-9-14)18(5)13(3)4/h8-11,13,16-17H,6-7,12H2,1-5H3. The van der Waals surface area contributed by atoms with Crippen LogP contribution in [-0.2, 0) is 0 Å². The summed E-state index contributed by atoms with van der Waals surface area (Å²) in [5.41, 5.74) is 2.69. The lowest BCUT2D eigenvalue weighted by Gasteiger charge is -2.25. The highest BCUT2D eigenvalue weighted by molar-refractivity contribution is 5.48. The van der Waals surface area contributed by atoms with Crippen molar-refractivity contribution in [1.29, 1.82) is 0 Å². The van der Waals surface area contributed by atoms with Crippen LogP contribution in [0.1, 0.15) is 52.1 Å². The number of hydrogen-bond donors (Lipinski definition) is 1. The van der Waals surface area contributed by atoms with Gasteiger partial charge in [0.15, 0.2) is 0 Å². The zero-order chi connectivity index (χ0) is 13.5. The van der Waals surface area contributed by atoms with Gasteiger partial charge in [0.1, 0.15) is 0 Å². The van der Waals surface area contributed by atoms with Crippen molar-refractivity contribution in [2.45, 2.75) is 52.6 Å². The summed E-state index contributed by atoms with van der Waals surface area (Å²) < 4.78 is 0. The molecule has 1 aromatic rings. The molecule has 0 aromatic heterocycles. The van der Waals surface area contributed by atoms with Gasteiger partial charge in [-0.1, -0.05) is 26.0 Å². The molecule has 1 atom stereocenters. The number of nitrogens with one attached hydrogen (secondary N) is 1. The van der Waals surface area contributed by atoms with Crippen LogP contribution in [-0.4, -0.2) is 19.6 Å². The molecule has 0 aliphatic rings. The van der Waals surface area contributed by atoms with Gasteiger partial charge in [-0.3, -0.25) is 0 Å². The predicted octanol–water partition coefficient (Wildman–Crippen LogP) is 3.98. The summed E-state index contributed by atoms with van der Waals surface area (Å²) in [6.45, 7) is 9.96. The van der Waals surface area contributed by atoms with Crippen LogP contribution in [0.4, 0.5) is 5.69 Å². The van der Waals surface area contributed by atoms with Crippen molar-refractivity contribution in [3.8, 4) is 0 Å². The molecule has 2 heteroatoms. The van der Waals surface area contributed by atoms with Gasteiger partial charge >= 0.3 is 0 Å². The minimum atomic E-state index is 0.489. The first-order valence-electron chi connectivity index (χ1n) is 7.16. The van der Waals surface area contributed by atoms with Gasteiger partial charge in [-0.15, -0.1) is 0 Å². The highest BCUT2D eigenvalue weighted by Crippen LogP contribution is 2.21. The second-order valence-corrected chi connectivity index (χ2v) is 5.21. The van der Waals surface area contributed by atoms with E-state index in [9.17, 15) is 0 Å². The Hall–Kier alpha value is -1.02. The molecule has 18 heavy (non-hydrogen) atoms. The zero-order valence-electron chi connectivity index (χ0n) is 12.5. The first-order chi connectivity index (χ1) is 8.60. The lowest BCUT2D eigenvalue weighted by molar-refractivity contribution is 0.518. The van der Waals surface area contributed by atoms with Crippen LogP contribution in [0.5, 0.6) is 0 Å². The third-order valence-corrected chi connectivity index (χ3v) is 3.53. The first-order valence-corrected chi connectivity index (χ1v) is 7.16. The van der Waals surface area contributed by atoms with Crippen molar-refractivity contribution in [3.63, 3.8) is 0 Å². The molecule has 0 bridgehead atoms. The van der Waals surface area contributed by atoms with Gasteiger partial charge in [-0.2, -0.15) is 0 Å². The van der Waals surface area contributed by atoms with Gasteiger partial charge in [0.2, 0.25) is 0 Å². The normalized spacial score (nSPS) is 12.8. The predicted molar refractivity (Wildman–Crippen MR) is 81.3 cm³/mol. The van der Waals surface area contributed by atoms with Crippen LogP contribution < -0.4 is 10.2 Å². The molecule has 0 aliphatic carbocycles. The van der Waals surface area contributed by atoms with Crippen molar-refractivity contribution in [2.75, 3.05) is 18.5 Å². The van der Waals surface area contributed by atoms with Crippen LogP contribution >= 0.6 is 0 Å². The molecular weight excluding hydrogens is 220 g/mol. The lowest BCUT2D eigenvalue weighted by Crippen LogP contribution is -2.25. The molecule has 0 saturated heterocycles. The van der Waals surface area contributed by atoms with E-state index in [-0.39, 0.29) is 0 Å². The van der Waals surface area contributed by atoms with Crippen molar-refractivity contribution >= 4 is 5.69 Å². The second kappa shape index (κ2) is 7.42. The molecule has 0 radical (unpaired) electrons. The summed E-state index contributed by atoms with van der Waals surface area (Å²) in [6.07, 6.45) is 2.32. The Morgan fingerprint density at radius 1 is 1.11 bits per heavy atom. The Morgan fingerprint density at radius 2 is 1.72 bits per heavy atom. The van der Waals surface area contributed by atoms with Crippen LogP contribution in [0.25, 0.3) is 0 Å². The van der Waals surface area contributed by atoms with E-state index in [1.165, 1.54) is 17.7 Å². The molecule has 0 spiro atoms. The van der Waals surface area contributed by atoms with Gasteiger partial charge in [-0.25, -0.2) is 0 Å². The van der Waals surface area contributed by atoms with Gasteiger partial charge < -0.3 is 10.2 Å². The molecule has 1 N–H and O–H groups in total. The summed E-state index contributed by atoms with van der Waals surface area (Å²) in [5, 5.41) is 3.59. The summed E-state index contributed by atoms with van der Waals surface area (Å²) in [4.78, 5) is 2.30. The number of rotatable bonds is 7. The monoisotopic (exact) mass is 248 g/mol. The maximum Gasteiger partial charge on any atom is 0.0366 e. The average molecular weight is 248 g/mol. The fourth-order valence-electron chi connectivity index (χ4n) is 2.06. The number of benzene rings is 1. The Balaban J connectivity index is 2.74. The molecular formula is C16H28N2. The number of hydrogen-bond acceptors (Lipinski definition) is 2. The SMILES string of the molecule is CCCNC(CC)c1ccc(N(C)C(C)C)cc1. The molecule has 0 aliphatic heterocycles. The van der Waals surface area contributed by atoms with Gasteiger partial charge in [-0.05, 0) is 50.9 Å². The fraction of sp³-hybridized carbons (Fsp3) is 0.625. The number of anilines is 1. The first kappa shape index (κ1) is 15.0. The van der Waals surface area contributed by atoms with Gasteiger partial charge in [0.05, 0.1) is 0 Å². The van der Waals surface area contributed by atoms with Crippen LogP contribution in [0.2, 0.25) is 0 Å². The third-order valence-electron chi connectivity index (χ3n) is 3.53. The maximum atomic E-state index is 3.59. The van der Waals surface area contributed by atoms with E-state index in [2.05, 4.69) is 69.2 Å². The molecule has 1 rings (SSSR count). The van der Waals surface area contributed by atoms with E-state index in [0.717, 1.165) is 13.0 Å². The quantitative estimate of drug-likeness (QED) is 0.785. The molecule has 0 saturated carbocycles. The minimum Gasteiger partial charge on any atom is -0.372 e. The van der Waals surface area contributed by atoms with E-state index >= 15 is 0 Å². The molecule has 102 valence electrons. The Labute approximate surface area is 112 Å². The average Bonchev–Trinajstić information content (AvgIpc) is 2.39. The van der Waals surface area contributed by atoms with Crippen LogP contribution in [0, 0.1) is 0 Å². The highest BCUT2D eigenvalue weighted by Gasteiger charge is 2.09. The smallest absolute Gasteiger partial charge is 0.0366 e. The van der Waals surface area contributed by atoms with Crippen molar-refractivity contribution in [1.82, 2.24) is 5.32 Å². The molecule has 1 aromatic carbocycles. The Kier molecular flexibility index (Phi) is 6.20.